The molecule has 2 N–H and O–H groups in total. The van der Waals surface area contributed by atoms with E-state index in [1.54, 1.807) is 62.8 Å². The molecule has 0 heterocycles. The van der Waals surface area contributed by atoms with Crippen LogP contribution in [0.3, 0.4) is 0 Å². The Morgan fingerprint density at radius 2 is 1.57 bits per heavy atom. The summed E-state index contributed by atoms with van der Waals surface area (Å²) < 4.78 is 21.3. The largest absolute Gasteiger partial charge is 0.497 e. The van der Waals surface area contributed by atoms with Gasteiger partial charge in [0.05, 0.1) is 26.9 Å². The maximum absolute atomic E-state index is 12.5. The molecule has 0 radical (unpaired) electrons. The monoisotopic (exact) mass is 477 g/mol. The van der Waals surface area contributed by atoms with Gasteiger partial charge >= 0.3 is 5.97 Å². The Balaban J connectivity index is 1.63. The molecule has 184 valence electrons. The number of hydrogen-bond acceptors (Lipinski definition) is 7. The van der Waals surface area contributed by atoms with Gasteiger partial charge in [0.2, 0.25) is 0 Å². The van der Waals surface area contributed by atoms with E-state index in [0.717, 1.165) is 11.1 Å². The summed E-state index contributed by atoms with van der Waals surface area (Å²) in [4.78, 5) is 12.5. The predicted octanol–water partition coefficient (Wildman–Crippen LogP) is 3.95. The van der Waals surface area contributed by atoms with Crippen LogP contribution in [0.15, 0.2) is 72.8 Å². The lowest BCUT2D eigenvalue weighted by Crippen LogP contribution is -2.31. The number of aliphatic hydroxyl groups excluding tert-OH is 1. The highest BCUT2D eigenvalue weighted by atomic mass is 16.5. The number of nitrogens with one attached hydrogen (secondary N) is 1. The van der Waals surface area contributed by atoms with Crippen LogP contribution in [0.2, 0.25) is 0 Å². The zero-order valence-corrected chi connectivity index (χ0v) is 20.2. The molecule has 3 aromatic carbocycles. The molecule has 0 aliphatic heterocycles. The standard InChI is InChI=1S/C28H31NO6/c1-32-25-13-21(14-26(16-25)33-2)15-27(28(31)34-3)22-9-11-24(12-10-22)35-19-23(30)18-29-17-20-7-5-4-6-8-20/h4-16,23,29-30H,17-19H2,1-3H3/b27-15-. The zero-order valence-electron chi connectivity index (χ0n) is 20.2. The number of ether oxygens (including phenoxy) is 4. The summed E-state index contributed by atoms with van der Waals surface area (Å²) in [6.45, 7) is 1.23. The topological polar surface area (TPSA) is 86.3 Å². The first kappa shape index (κ1) is 25.8. The molecule has 0 amide bonds. The third-order valence-corrected chi connectivity index (χ3v) is 5.25. The third-order valence-electron chi connectivity index (χ3n) is 5.25. The fourth-order valence-corrected chi connectivity index (χ4v) is 3.41. The van der Waals surface area contributed by atoms with E-state index in [2.05, 4.69) is 5.32 Å². The van der Waals surface area contributed by atoms with Crippen molar-refractivity contribution >= 4 is 17.6 Å². The van der Waals surface area contributed by atoms with Gasteiger partial charge in [0.15, 0.2) is 0 Å². The molecule has 3 rings (SSSR count). The Kier molecular flexibility index (Phi) is 9.71. The van der Waals surface area contributed by atoms with Crippen molar-refractivity contribution < 1.29 is 28.8 Å². The second-order valence-corrected chi connectivity index (χ2v) is 7.80. The van der Waals surface area contributed by atoms with Crippen molar-refractivity contribution in [2.75, 3.05) is 34.5 Å². The Labute approximate surface area is 205 Å². The molecule has 7 nitrogen and oxygen atoms in total. The van der Waals surface area contributed by atoms with Gasteiger partial charge in [0, 0.05) is 19.2 Å². The van der Waals surface area contributed by atoms with Crippen molar-refractivity contribution in [3.8, 4) is 17.2 Å². The van der Waals surface area contributed by atoms with Gasteiger partial charge in [-0.15, -0.1) is 0 Å². The maximum atomic E-state index is 12.5. The minimum Gasteiger partial charge on any atom is -0.497 e. The Morgan fingerprint density at radius 1 is 0.914 bits per heavy atom. The normalized spacial score (nSPS) is 12.1. The summed E-state index contributed by atoms with van der Waals surface area (Å²) in [7, 11) is 4.48. The fraction of sp³-hybridized carbons (Fsp3) is 0.250. The van der Waals surface area contributed by atoms with Gasteiger partial charge in [-0.25, -0.2) is 4.79 Å². The van der Waals surface area contributed by atoms with Crippen LogP contribution in [0.1, 0.15) is 16.7 Å². The van der Waals surface area contributed by atoms with Gasteiger partial charge in [-0.3, -0.25) is 0 Å². The average molecular weight is 478 g/mol. The molecule has 0 saturated heterocycles. The Hall–Kier alpha value is -3.81. The van der Waals surface area contributed by atoms with Crippen LogP contribution in [-0.2, 0) is 16.1 Å². The molecule has 0 spiro atoms. The van der Waals surface area contributed by atoms with E-state index in [4.69, 9.17) is 18.9 Å². The molecule has 0 saturated carbocycles. The first-order chi connectivity index (χ1) is 17.0. The molecule has 3 aromatic rings. The van der Waals surface area contributed by atoms with E-state index in [0.29, 0.717) is 41.5 Å². The summed E-state index contributed by atoms with van der Waals surface area (Å²) in [6, 6.07) is 22.4. The lowest BCUT2D eigenvalue weighted by molar-refractivity contribution is -0.133. The number of methoxy groups -OCH3 is 3. The molecular weight excluding hydrogens is 446 g/mol. The molecule has 0 aliphatic rings. The van der Waals surface area contributed by atoms with E-state index in [1.807, 2.05) is 30.3 Å². The van der Waals surface area contributed by atoms with Crippen molar-refractivity contribution in [2.24, 2.45) is 0 Å². The minimum atomic E-state index is -0.660. The number of benzene rings is 3. The van der Waals surface area contributed by atoms with Gasteiger partial charge in [0.25, 0.3) is 0 Å². The Bertz CT molecular complexity index is 1090. The molecule has 0 aromatic heterocycles. The molecule has 0 fully saturated rings. The molecule has 1 atom stereocenters. The SMILES string of the molecule is COC(=O)/C(=C\c1cc(OC)cc(OC)c1)c1ccc(OCC(O)CNCc2ccccc2)cc1. The van der Waals surface area contributed by atoms with E-state index in [1.165, 1.54) is 7.11 Å². The Morgan fingerprint density at radius 3 is 2.17 bits per heavy atom. The fourth-order valence-electron chi connectivity index (χ4n) is 3.41. The van der Waals surface area contributed by atoms with Crippen LogP contribution in [-0.4, -0.2) is 51.7 Å². The summed E-state index contributed by atoms with van der Waals surface area (Å²) in [6.07, 6.45) is 1.06. The van der Waals surface area contributed by atoms with Crippen LogP contribution in [0.5, 0.6) is 17.2 Å². The number of carbonyl (C=O) groups is 1. The van der Waals surface area contributed by atoms with E-state index < -0.39 is 12.1 Å². The second-order valence-electron chi connectivity index (χ2n) is 7.80. The van der Waals surface area contributed by atoms with Crippen LogP contribution in [0.4, 0.5) is 0 Å². The number of aliphatic hydroxyl groups is 1. The molecule has 0 aliphatic carbocycles. The zero-order chi connectivity index (χ0) is 25.0. The van der Waals surface area contributed by atoms with Crippen molar-refractivity contribution in [1.29, 1.82) is 0 Å². The molecule has 1 unspecified atom stereocenters. The van der Waals surface area contributed by atoms with Crippen molar-refractivity contribution in [1.82, 2.24) is 5.32 Å². The highest BCUT2D eigenvalue weighted by Gasteiger charge is 2.14. The summed E-state index contributed by atoms with van der Waals surface area (Å²) >= 11 is 0. The molecule has 7 heteroatoms. The van der Waals surface area contributed by atoms with Gasteiger partial charge in [-0.05, 0) is 47.0 Å². The van der Waals surface area contributed by atoms with Crippen LogP contribution in [0, 0.1) is 0 Å². The highest BCUT2D eigenvalue weighted by molar-refractivity contribution is 6.21. The highest BCUT2D eigenvalue weighted by Crippen LogP contribution is 2.27. The van der Waals surface area contributed by atoms with Gasteiger partial charge in [-0.1, -0.05) is 42.5 Å². The van der Waals surface area contributed by atoms with Crippen molar-refractivity contribution in [3.63, 3.8) is 0 Å². The van der Waals surface area contributed by atoms with Crippen molar-refractivity contribution in [3.05, 3.63) is 89.5 Å². The van der Waals surface area contributed by atoms with E-state index in [9.17, 15) is 9.90 Å². The number of carbonyl (C=O) groups excluding carboxylic acids is 1. The molecule has 0 bridgehead atoms. The van der Waals surface area contributed by atoms with Gasteiger partial charge < -0.3 is 29.4 Å². The quantitative estimate of drug-likeness (QED) is 0.232. The van der Waals surface area contributed by atoms with Crippen LogP contribution < -0.4 is 19.5 Å². The summed E-state index contributed by atoms with van der Waals surface area (Å²) in [5, 5.41) is 13.4. The van der Waals surface area contributed by atoms with Crippen LogP contribution >= 0.6 is 0 Å². The predicted molar refractivity (Wildman–Crippen MR) is 136 cm³/mol. The first-order valence-electron chi connectivity index (χ1n) is 11.2. The number of rotatable bonds is 12. The number of hydrogen-bond donors (Lipinski definition) is 2. The van der Waals surface area contributed by atoms with E-state index >= 15 is 0 Å². The van der Waals surface area contributed by atoms with Crippen LogP contribution in [0.25, 0.3) is 11.6 Å². The maximum Gasteiger partial charge on any atom is 0.338 e. The van der Waals surface area contributed by atoms with Crippen molar-refractivity contribution in [2.45, 2.75) is 12.6 Å². The summed E-state index contributed by atoms with van der Waals surface area (Å²) in [5.74, 6) is 1.34. The minimum absolute atomic E-state index is 0.143. The molecule has 35 heavy (non-hydrogen) atoms. The first-order valence-corrected chi connectivity index (χ1v) is 11.2. The smallest absolute Gasteiger partial charge is 0.338 e. The second kappa shape index (κ2) is 13.2. The molecular formula is C28H31NO6. The summed E-state index contributed by atoms with van der Waals surface area (Å²) in [5.41, 5.74) is 2.92. The average Bonchev–Trinajstić information content (AvgIpc) is 2.90. The van der Waals surface area contributed by atoms with Gasteiger partial charge in [0.1, 0.15) is 30.0 Å². The lowest BCUT2D eigenvalue weighted by Gasteiger charge is -2.14. The van der Waals surface area contributed by atoms with Gasteiger partial charge in [-0.2, -0.15) is 0 Å². The number of esters is 1. The lowest BCUT2D eigenvalue weighted by atomic mass is 10.0. The van der Waals surface area contributed by atoms with E-state index in [-0.39, 0.29) is 6.61 Å². The third kappa shape index (κ3) is 7.88.